The predicted molar refractivity (Wildman–Crippen MR) is 81.6 cm³/mol. The van der Waals surface area contributed by atoms with E-state index in [0.717, 1.165) is 62.3 Å². The standard InChI is InChI=1S/C16H21N5O/c1-20(10-11-5-7-21-8-6-17-14(21)9-11)16(22)15-12-3-2-4-13(12)18-19-15/h6,8,11H,2-5,7,9-10H2,1H3,(H,18,19). The zero-order valence-electron chi connectivity index (χ0n) is 12.9. The average Bonchev–Trinajstić information content (AvgIpc) is 3.22. The highest BCUT2D eigenvalue weighted by Gasteiger charge is 2.27. The number of carbonyl (C=O) groups excluding carboxylic acids is 1. The molecule has 1 aliphatic carbocycles. The highest BCUT2D eigenvalue weighted by Crippen LogP contribution is 2.25. The van der Waals surface area contributed by atoms with Crippen molar-refractivity contribution < 1.29 is 4.79 Å². The van der Waals surface area contributed by atoms with Gasteiger partial charge in [0.25, 0.3) is 5.91 Å². The third-order valence-corrected chi connectivity index (χ3v) is 4.94. The van der Waals surface area contributed by atoms with Gasteiger partial charge in [-0.1, -0.05) is 0 Å². The molecule has 0 fully saturated rings. The summed E-state index contributed by atoms with van der Waals surface area (Å²) in [7, 11) is 1.89. The van der Waals surface area contributed by atoms with Crippen molar-refractivity contribution in [2.24, 2.45) is 5.92 Å². The number of fused-ring (bicyclic) bond motifs is 2. The molecule has 4 rings (SSSR count). The SMILES string of the molecule is CN(CC1CCn2ccnc2C1)C(=O)c1n[nH]c2c1CCC2. The van der Waals surface area contributed by atoms with Gasteiger partial charge in [-0.05, 0) is 31.6 Å². The number of nitrogens with zero attached hydrogens (tertiary/aromatic N) is 4. The number of aromatic amines is 1. The molecule has 6 heteroatoms. The van der Waals surface area contributed by atoms with Gasteiger partial charge in [0, 0.05) is 50.2 Å². The van der Waals surface area contributed by atoms with E-state index in [1.165, 1.54) is 0 Å². The molecule has 1 atom stereocenters. The Kier molecular flexibility index (Phi) is 3.24. The Morgan fingerprint density at radius 2 is 2.41 bits per heavy atom. The van der Waals surface area contributed by atoms with Crippen molar-refractivity contribution in [1.82, 2.24) is 24.6 Å². The second kappa shape index (κ2) is 5.26. The number of nitrogens with one attached hydrogen (secondary N) is 1. The van der Waals surface area contributed by atoms with Crippen molar-refractivity contribution in [3.63, 3.8) is 0 Å². The van der Waals surface area contributed by atoms with Crippen molar-refractivity contribution in [2.45, 2.75) is 38.6 Å². The summed E-state index contributed by atoms with van der Waals surface area (Å²) in [6, 6.07) is 0. The van der Waals surface area contributed by atoms with E-state index in [1.807, 2.05) is 24.3 Å². The fraction of sp³-hybridized carbons (Fsp3) is 0.562. The number of carbonyl (C=O) groups is 1. The lowest BCUT2D eigenvalue weighted by atomic mass is 9.97. The van der Waals surface area contributed by atoms with Crippen LogP contribution in [-0.4, -0.2) is 44.1 Å². The van der Waals surface area contributed by atoms with Gasteiger partial charge in [-0.15, -0.1) is 0 Å². The first-order valence-corrected chi connectivity index (χ1v) is 8.04. The fourth-order valence-corrected chi connectivity index (χ4v) is 3.72. The third kappa shape index (κ3) is 2.23. The van der Waals surface area contributed by atoms with Crippen LogP contribution in [0.2, 0.25) is 0 Å². The van der Waals surface area contributed by atoms with Crippen LogP contribution in [0.1, 0.15) is 40.4 Å². The smallest absolute Gasteiger partial charge is 0.274 e. The molecule has 1 N–H and O–H groups in total. The van der Waals surface area contributed by atoms with Gasteiger partial charge in [-0.25, -0.2) is 4.98 Å². The lowest BCUT2D eigenvalue weighted by Crippen LogP contribution is -2.35. The molecular formula is C16H21N5O. The van der Waals surface area contributed by atoms with Crippen molar-refractivity contribution in [2.75, 3.05) is 13.6 Å². The van der Waals surface area contributed by atoms with Crippen LogP contribution in [0.4, 0.5) is 0 Å². The Morgan fingerprint density at radius 1 is 1.50 bits per heavy atom. The summed E-state index contributed by atoms with van der Waals surface area (Å²) in [6.45, 7) is 1.77. The summed E-state index contributed by atoms with van der Waals surface area (Å²) in [4.78, 5) is 18.9. The van der Waals surface area contributed by atoms with E-state index in [1.54, 1.807) is 0 Å². The molecule has 0 bridgehead atoms. The zero-order chi connectivity index (χ0) is 15.1. The topological polar surface area (TPSA) is 66.8 Å². The molecule has 1 unspecified atom stereocenters. The molecule has 2 aromatic rings. The Balaban J connectivity index is 1.44. The van der Waals surface area contributed by atoms with Crippen LogP contribution < -0.4 is 0 Å². The predicted octanol–water partition coefficient (Wildman–Crippen LogP) is 1.43. The van der Waals surface area contributed by atoms with E-state index < -0.39 is 0 Å². The first-order chi connectivity index (χ1) is 10.7. The van der Waals surface area contributed by atoms with Crippen molar-refractivity contribution >= 4 is 5.91 Å². The summed E-state index contributed by atoms with van der Waals surface area (Å²) < 4.78 is 2.21. The second-order valence-electron chi connectivity index (χ2n) is 6.46. The summed E-state index contributed by atoms with van der Waals surface area (Å²) in [5.74, 6) is 1.67. The molecule has 0 aromatic carbocycles. The summed E-state index contributed by atoms with van der Waals surface area (Å²) >= 11 is 0. The van der Waals surface area contributed by atoms with Crippen LogP contribution in [0.15, 0.2) is 12.4 Å². The highest BCUT2D eigenvalue weighted by molar-refractivity contribution is 5.94. The van der Waals surface area contributed by atoms with Crippen molar-refractivity contribution in [3.05, 3.63) is 35.2 Å². The third-order valence-electron chi connectivity index (χ3n) is 4.94. The molecule has 1 aliphatic heterocycles. The van der Waals surface area contributed by atoms with E-state index in [-0.39, 0.29) is 5.91 Å². The van der Waals surface area contributed by atoms with E-state index in [0.29, 0.717) is 11.6 Å². The number of amides is 1. The van der Waals surface area contributed by atoms with Gasteiger partial charge >= 0.3 is 0 Å². The second-order valence-corrected chi connectivity index (χ2v) is 6.46. The minimum absolute atomic E-state index is 0.0494. The van der Waals surface area contributed by atoms with Crippen molar-refractivity contribution in [3.8, 4) is 0 Å². The van der Waals surface area contributed by atoms with Gasteiger partial charge < -0.3 is 9.47 Å². The number of H-pyrrole nitrogens is 1. The number of aromatic nitrogens is 4. The fourth-order valence-electron chi connectivity index (χ4n) is 3.72. The van der Waals surface area contributed by atoms with E-state index in [2.05, 4.69) is 19.7 Å². The van der Waals surface area contributed by atoms with Crippen LogP contribution in [0.3, 0.4) is 0 Å². The maximum Gasteiger partial charge on any atom is 0.274 e. The maximum atomic E-state index is 12.7. The largest absolute Gasteiger partial charge is 0.340 e. The van der Waals surface area contributed by atoms with Crippen LogP contribution in [0.5, 0.6) is 0 Å². The van der Waals surface area contributed by atoms with Gasteiger partial charge in [-0.2, -0.15) is 5.10 Å². The Morgan fingerprint density at radius 3 is 3.32 bits per heavy atom. The minimum Gasteiger partial charge on any atom is -0.340 e. The Bertz CT molecular complexity index is 701. The normalized spacial score (nSPS) is 19.8. The highest BCUT2D eigenvalue weighted by atomic mass is 16.2. The van der Waals surface area contributed by atoms with Gasteiger partial charge in [-0.3, -0.25) is 9.89 Å². The van der Waals surface area contributed by atoms with E-state index >= 15 is 0 Å². The molecule has 1 amide bonds. The van der Waals surface area contributed by atoms with Crippen LogP contribution in [0.25, 0.3) is 0 Å². The molecule has 0 radical (unpaired) electrons. The van der Waals surface area contributed by atoms with Crippen molar-refractivity contribution in [1.29, 1.82) is 0 Å². The molecule has 0 spiro atoms. The van der Waals surface area contributed by atoms with E-state index in [9.17, 15) is 4.79 Å². The molecule has 116 valence electrons. The molecule has 6 nitrogen and oxygen atoms in total. The van der Waals surface area contributed by atoms with Gasteiger partial charge in [0.1, 0.15) is 5.82 Å². The number of aryl methyl sites for hydroxylation is 2. The zero-order valence-corrected chi connectivity index (χ0v) is 12.9. The monoisotopic (exact) mass is 299 g/mol. The molecule has 0 saturated heterocycles. The molecule has 2 aromatic heterocycles. The van der Waals surface area contributed by atoms with Gasteiger partial charge in [0.2, 0.25) is 0 Å². The van der Waals surface area contributed by atoms with E-state index in [4.69, 9.17) is 0 Å². The summed E-state index contributed by atoms with van der Waals surface area (Å²) in [6.07, 6.45) is 9.06. The van der Waals surface area contributed by atoms with Crippen LogP contribution >= 0.6 is 0 Å². The van der Waals surface area contributed by atoms with Gasteiger partial charge in [0.15, 0.2) is 5.69 Å². The molecule has 2 aliphatic rings. The molecule has 0 saturated carbocycles. The molecule has 22 heavy (non-hydrogen) atoms. The maximum absolute atomic E-state index is 12.7. The molecular weight excluding hydrogens is 278 g/mol. The average molecular weight is 299 g/mol. The number of hydrogen-bond donors (Lipinski definition) is 1. The Labute approximate surface area is 129 Å². The quantitative estimate of drug-likeness (QED) is 0.932. The van der Waals surface area contributed by atoms with Crippen LogP contribution in [-0.2, 0) is 25.8 Å². The number of imidazole rings is 1. The summed E-state index contributed by atoms with van der Waals surface area (Å²) in [5, 5.41) is 7.27. The van der Waals surface area contributed by atoms with Gasteiger partial charge in [0.05, 0.1) is 0 Å². The number of hydrogen-bond acceptors (Lipinski definition) is 3. The van der Waals surface area contributed by atoms with Crippen LogP contribution in [0, 0.1) is 5.92 Å². The summed E-state index contributed by atoms with van der Waals surface area (Å²) in [5.41, 5.74) is 2.92. The number of rotatable bonds is 3. The first kappa shape index (κ1) is 13.5. The lowest BCUT2D eigenvalue weighted by Gasteiger charge is -2.27. The molecule has 3 heterocycles. The first-order valence-electron chi connectivity index (χ1n) is 8.04. The Hall–Kier alpha value is -2.11. The minimum atomic E-state index is 0.0494. The lowest BCUT2D eigenvalue weighted by molar-refractivity contribution is 0.0757.